The fourth-order valence-electron chi connectivity index (χ4n) is 14.6. The van der Waals surface area contributed by atoms with Crippen molar-refractivity contribution in [2.45, 2.75) is 134 Å². The van der Waals surface area contributed by atoms with Gasteiger partial charge in [-0.25, -0.2) is 0 Å². The van der Waals surface area contributed by atoms with Gasteiger partial charge in [0.15, 0.2) is 0 Å². The summed E-state index contributed by atoms with van der Waals surface area (Å²) in [6.45, 7) is 11.4. The molecule has 8 bridgehead atoms. The second kappa shape index (κ2) is 18.3. The molecule has 0 spiro atoms. The number of hydrogen-bond acceptors (Lipinski definition) is 0. The van der Waals surface area contributed by atoms with E-state index in [1.807, 2.05) is 0 Å². The van der Waals surface area contributed by atoms with E-state index >= 15 is 0 Å². The second-order valence-corrected chi connectivity index (χ2v) is 30.7. The molecule has 1 atom stereocenters. The molecule has 6 aromatic carbocycles. The van der Waals surface area contributed by atoms with Crippen molar-refractivity contribution >= 4 is 27.0 Å². The van der Waals surface area contributed by atoms with Crippen molar-refractivity contribution in [1.29, 1.82) is 0 Å². The zero-order valence-corrected chi connectivity index (χ0v) is 42.4. The number of hydrogen-bond donors (Lipinski definition) is 0. The average Bonchev–Trinajstić information content (AvgIpc) is 3.83. The largest absolute Gasteiger partial charge is 1.00 e. The number of rotatable bonds is 6. The molecule has 0 radical (unpaired) electrons. The van der Waals surface area contributed by atoms with Gasteiger partial charge in [-0.2, -0.15) is 12.1 Å². The smallest absolute Gasteiger partial charge is 0.00391 e. The van der Waals surface area contributed by atoms with Crippen LogP contribution in [0.4, 0.5) is 0 Å². The van der Waals surface area contributed by atoms with E-state index in [9.17, 15) is 0 Å². The molecule has 0 N–H and O–H groups in total. The van der Waals surface area contributed by atoms with Crippen molar-refractivity contribution in [2.24, 2.45) is 35.5 Å². The molecule has 8 saturated carbocycles. The van der Waals surface area contributed by atoms with Gasteiger partial charge in [0.25, 0.3) is 0 Å². The van der Waals surface area contributed by atoms with Crippen LogP contribution in [-0.4, -0.2) is 5.43 Å². The van der Waals surface area contributed by atoms with Gasteiger partial charge in [0.2, 0.25) is 0 Å². The first-order valence-corrected chi connectivity index (χ1v) is 29.8. The molecule has 14 rings (SSSR count). The minimum atomic E-state index is 0. The third kappa shape index (κ3) is 8.94. The van der Waals surface area contributed by atoms with Crippen LogP contribution in [0.3, 0.4) is 0 Å². The van der Waals surface area contributed by atoms with E-state index in [1.54, 1.807) is 34.5 Å². The summed E-state index contributed by atoms with van der Waals surface area (Å²) >= 11 is 1.74. The maximum absolute atomic E-state index is 2.49. The summed E-state index contributed by atoms with van der Waals surface area (Å²) in [4.78, 5) is 0. The third-order valence-electron chi connectivity index (χ3n) is 16.5. The number of fused-ring (bicyclic) bond motifs is 2. The molecule has 0 amide bonds. The molecule has 1 unspecified atom stereocenters. The van der Waals surface area contributed by atoms with E-state index < -0.39 is 0 Å². The zero-order chi connectivity index (χ0) is 40.5. The molecule has 0 saturated heterocycles. The summed E-state index contributed by atoms with van der Waals surface area (Å²) in [6, 6.07) is 42.5. The Hall–Kier alpha value is -2.22. The van der Waals surface area contributed by atoms with Gasteiger partial charge in [-0.1, -0.05) is 99.0 Å². The van der Waals surface area contributed by atoms with Crippen LogP contribution in [0.5, 0.6) is 0 Å². The molecule has 318 valence electrons. The SMILES string of the molecule is CCC(C)c1cc2c(-c3ccc(C45CC6CC(CC(C6)C4)C5)cc3)cccc2[cH-]1.C[Si](C)=[Zr+2].Cc1cc2c(-c3ccc(C45CC6CC(CC(C6)C4)C5)cc3)cccc2[cH-]1.[Cl-].[Cl-]. The van der Waals surface area contributed by atoms with Gasteiger partial charge in [0.1, 0.15) is 0 Å². The average molecular weight is 941 g/mol. The first kappa shape index (κ1) is 45.4. The van der Waals surface area contributed by atoms with Gasteiger partial charge in [-0.05, 0) is 152 Å². The maximum Gasteiger partial charge on any atom is -0.00391 e. The summed E-state index contributed by atoms with van der Waals surface area (Å²) in [5.74, 6) is 6.72. The Bertz CT molecular complexity index is 2390. The van der Waals surface area contributed by atoms with E-state index in [1.165, 1.54) is 138 Å². The standard InChI is InChI=1S/C29H33.C26H27.C2H6Si.2ClH.Zr/c1-3-19(2)25-14-24-5-4-6-27(28(24)15-25)23-7-9-26(10-8-23)29-16-20-11-21(17-29)13-22(12-20)18-29;1-17-9-22-3-2-4-24(25(22)10-17)21-5-7-23(8-6-21)26-14-18-11-19(15-26)13-20(12-18)16-26;1-3-2;;;/h4-10,14-15,19-22H,3,11-13,16-18H2,1-2H3;2-10,18-20H,11-16H2,1H3;1-2H3;2*1H;/q2*-1;;;;+2/p-2. The minimum absolute atomic E-state index is 0. The van der Waals surface area contributed by atoms with Crippen molar-refractivity contribution in [2.75, 3.05) is 0 Å². The van der Waals surface area contributed by atoms with Crippen molar-refractivity contribution in [3.8, 4) is 22.3 Å². The summed E-state index contributed by atoms with van der Waals surface area (Å²) in [7, 11) is 0. The second-order valence-electron chi connectivity index (χ2n) is 21.3. The molecule has 0 nitrogen and oxygen atoms in total. The monoisotopic (exact) mass is 938 g/mol. The maximum atomic E-state index is 2.49. The van der Waals surface area contributed by atoms with Crippen LogP contribution >= 0.6 is 0 Å². The Kier molecular flexibility index (Phi) is 13.6. The quantitative estimate of drug-likeness (QED) is 0.115. The molecule has 8 aliphatic rings. The van der Waals surface area contributed by atoms with E-state index in [0.29, 0.717) is 16.7 Å². The summed E-state index contributed by atoms with van der Waals surface area (Å²) in [5, 5.41) is 5.58. The van der Waals surface area contributed by atoms with Crippen molar-refractivity contribution < 1.29 is 48.1 Å². The van der Waals surface area contributed by atoms with Crippen molar-refractivity contribution in [3.05, 3.63) is 131 Å². The fraction of sp³-hybridized carbons (Fsp3) is 0.474. The van der Waals surface area contributed by atoms with Gasteiger partial charge >= 0.3 is 41.9 Å². The van der Waals surface area contributed by atoms with E-state index in [-0.39, 0.29) is 30.2 Å². The van der Waals surface area contributed by atoms with E-state index in [2.05, 4.69) is 143 Å². The molecule has 4 heteroatoms. The van der Waals surface area contributed by atoms with Gasteiger partial charge in [-0.3, -0.25) is 0 Å². The van der Waals surface area contributed by atoms with Gasteiger partial charge in [0.05, 0.1) is 0 Å². The number of benzene rings is 4. The Balaban J connectivity index is 0.000000151. The Morgan fingerprint density at radius 3 is 1.31 bits per heavy atom. The molecule has 0 heterocycles. The predicted molar refractivity (Wildman–Crippen MR) is 251 cm³/mol. The van der Waals surface area contributed by atoms with Crippen LogP contribution in [0.15, 0.2) is 109 Å². The van der Waals surface area contributed by atoms with Crippen molar-refractivity contribution in [3.63, 3.8) is 0 Å². The Morgan fingerprint density at radius 1 is 0.574 bits per heavy atom. The van der Waals surface area contributed by atoms with Gasteiger partial charge in [-0.15, -0.1) is 69.1 Å². The molecular weight excluding hydrogens is 875 g/mol. The van der Waals surface area contributed by atoms with E-state index in [0.717, 1.165) is 35.5 Å². The normalized spacial score (nSPS) is 29.2. The van der Waals surface area contributed by atoms with Crippen LogP contribution in [-0.2, 0) is 34.2 Å². The first-order chi connectivity index (χ1) is 28.5. The van der Waals surface area contributed by atoms with Crippen LogP contribution in [0, 0.1) is 42.4 Å². The number of halogens is 2. The third-order valence-corrected chi connectivity index (χ3v) is 16.5. The molecule has 0 aromatic heterocycles. The Labute approximate surface area is 395 Å². The summed E-state index contributed by atoms with van der Waals surface area (Å²) in [6.07, 6.45) is 19.1. The topological polar surface area (TPSA) is 0 Å². The molecule has 61 heavy (non-hydrogen) atoms. The molecule has 0 aliphatic heterocycles. The minimum Gasteiger partial charge on any atom is -1.00 e. The van der Waals surface area contributed by atoms with Crippen molar-refractivity contribution in [1.82, 2.24) is 0 Å². The first-order valence-electron chi connectivity index (χ1n) is 23.6. The Morgan fingerprint density at radius 2 is 0.934 bits per heavy atom. The fourth-order valence-corrected chi connectivity index (χ4v) is 14.6. The molecule has 8 aliphatic carbocycles. The molecular formula is C57H66Cl2SiZr-2. The number of aryl methyl sites for hydroxylation is 1. The summed E-state index contributed by atoms with van der Waals surface area (Å²) < 4.78 is 0. The van der Waals surface area contributed by atoms with Gasteiger partial charge in [0, 0.05) is 0 Å². The summed E-state index contributed by atoms with van der Waals surface area (Å²) in [5.41, 5.74) is 12.9. The van der Waals surface area contributed by atoms with Crippen LogP contribution in [0.2, 0.25) is 13.1 Å². The van der Waals surface area contributed by atoms with E-state index in [4.69, 9.17) is 0 Å². The van der Waals surface area contributed by atoms with Crippen LogP contribution < -0.4 is 24.8 Å². The van der Waals surface area contributed by atoms with Crippen LogP contribution in [0.25, 0.3) is 43.8 Å². The predicted octanol–water partition coefficient (Wildman–Crippen LogP) is 10.0. The van der Waals surface area contributed by atoms with Crippen LogP contribution in [0.1, 0.15) is 125 Å². The molecule has 6 aromatic rings. The van der Waals surface area contributed by atoms with Gasteiger partial charge < -0.3 is 24.8 Å². The zero-order valence-electron chi connectivity index (χ0n) is 37.4. The molecule has 8 fully saturated rings.